The molecule has 2 N–H and O–H groups in total. The lowest BCUT2D eigenvalue weighted by Crippen LogP contribution is -1.93. The lowest BCUT2D eigenvalue weighted by molar-refractivity contribution is 1.07. The molecule has 60 valence electrons. The number of hydrogen-bond acceptors (Lipinski definition) is 3. The van der Waals surface area contributed by atoms with Gasteiger partial charge in [-0.2, -0.15) is 0 Å². The van der Waals surface area contributed by atoms with E-state index >= 15 is 0 Å². The number of aryl methyl sites for hydroxylation is 1. The van der Waals surface area contributed by atoms with Gasteiger partial charge in [0.25, 0.3) is 0 Å². The van der Waals surface area contributed by atoms with Gasteiger partial charge in [-0.3, -0.25) is 0 Å². The number of hydrogen-bond donors (Lipinski definition) is 1. The Balaban J connectivity index is 2.93. The van der Waals surface area contributed by atoms with Crippen LogP contribution in [0.15, 0.2) is 17.2 Å². The Morgan fingerprint density at radius 2 is 2.27 bits per heavy atom. The summed E-state index contributed by atoms with van der Waals surface area (Å²) in [4.78, 5) is 4.30. The summed E-state index contributed by atoms with van der Waals surface area (Å²) in [7, 11) is 0. The molecule has 1 aromatic heterocycles. The van der Waals surface area contributed by atoms with E-state index in [1.54, 1.807) is 11.8 Å². The van der Waals surface area contributed by atoms with Gasteiger partial charge in [-0.25, -0.2) is 4.98 Å². The molecule has 1 aromatic rings. The van der Waals surface area contributed by atoms with Gasteiger partial charge >= 0.3 is 0 Å². The van der Waals surface area contributed by atoms with Gasteiger partial charge < -0.3 is 5.73 Å². The van der Waals surface area contributed by atoms with Crippen LogP contribution in [-0.4, -0.2) is 10.7 Å². The van der Waals surface area contributed by atoms with Gasteiger partial charge in [0.15, 0.2) is 0 Å². The molecule has 0 aliphatic carbocycles. The van der Waals surface area contributed by atoms with Crippen LogP contribution < -0.4 is 5.73 Å². The fraction of sp³-hybridized carbons (Fsp3) is 0.375. The molecule has 1 heterocycles. The molecule has 0 bridgehead atoms. The molecule has 0 aromatic carbocycles. The van der Waals surface area contributed by atoms with Gasteiger partial charge in [0.1, 0.15) is 5.03 Å². The van der Waals surface area contributed by atoms with Crippen molar-refractivity contribution in [3.05, 3.63) is 17.8 Å². The number of thioether (sulfide) groups is 1. The smallest absolute Gasteiger partial charge is 0.119 e. The normalized spacial score (nSPS) is 10.0. The van der Waals surface area contributed by atoms with Crippen LogP contribution in [0.1, 0.15) is 12.6 Å². The predicted octanol–water partition coefficient (Wildman–Crippen LogP) is 2.08. The topological polar surface area (TPSA) is 38.9 Å². The van der Waals surface area contributed by atoms with E-state index in [0.717, 1.165) is 22.2 Å². The summed E-state index contributed by atoms with van der Waals surface area (Å²) in [6.45, 7) is 4.06. The minimum absolute atomic E-state index is 0.780. The highest BCUT2D eigenvalue weighted by Gasteiger charge is 1.98. The largest absolute Gasteiger partial charge is 0.397 e. The van der Waals surface area contributed by atoms with E-state index in [9.17, 15) is 0 Å². The summed E-state index contributed by atoms with van der Waals surface area (Å²) in [6, 6.07) is 3.83. The average molecular weight is 168 g/mol. The SMILES string of the molecule is CCSc1nc(C)ccc1N. The first-order valence-corrected chi connectivity index (χ1v) is 4.58. The van der Waals surface area contributed by atoms with Crippen molar-refractivity contribution in [2.75, 3.05) is 11.5 Å². The van der Waals surface area contributed by atoms with E-state index in [1.807, 2.05) is 19.1 Å². The third-order valence-corrected chi connectivity index (χ3v) is 2.20. The number of rotatable bonds is 2. The van der Waals surface area contributed by atoms with Crippen LogP contribution in [0.5, 0.6) is 0 Å². The monoisotopic (exact) mass is 168 g/mol. The van der Waals surface area contributed by atoms with Crippen molar-refractivity contribution in [3.8, 4) is 0 Å². The van der Waals surface area contributed by atoms with Gasteiger partial charge in [-0.1, -0.05) is 6.92 Å². The lowest BCUT2D eigenvalue weighted by Gasteiger charge is -2.02. The Bertz CT molecular complexity index is 248. The molecule has 3 heteroatoms. The maximum atomic E-state index is 5.69. The molecule has 1 rings (SSSR count). The quantitative estimate of drug-likeness (QED) is 0.687. The molecule has 0 radical (unpaired) electrons. The number of nitrogens with two attached hydrogens (primary N) is 1. The van der Waals surface area contributed by atoms with Crippen molar-refractivity contribution in [2.45, 2.75) is 18.9 Å². The zero-order valence-electron chi connectivity index (χ0n) is 6.79. The molecule has 0 unspecified atom stereocenters. The van der Waals surface area contributed by atoms with E-state index in [1.165, 1.54) is 0 Å². The van der Waals surface area contributed by atoms with Crippen LogP contribution in [0.3, 0.4) is 0 Å². The molecule has 0 saturated carbocycles. The number of anilines is 1. The summed E-state index contributed by atoms with van der Waals surface area (Å²) in [5, 5.41) is 0.951. The fourth-order valence-corrected chi connectivity index (χ4v) is 1.51. The Morgan fingerprint density at radius 3 is 2.91 bits per heavy atom. The number of nitrogens with zero attached hydrogens (tertiary/aromatic N) is 1. The van der Waals surface area contributed by atoms with Crippen molar-refractivity contribution >= 4 is 17.4 Å². The fourth-order valence-electron chi connectivity index (χ4n) is 0.796. The van der Waals surface area contributed by atoms with Crippen LogP contribution in [0, 0.1) is 6.92 Å². The highest BCUT2D eigenvalue weighted by atomic mass is 32.2. The summed E-state index contributed by atoms with van der Waals surface area (Å²) >= 11 is 1.68. The Kier molecular flexibility index (Phi) is 2.76. The van der Waals surface area contributed by atoms with Gasteiger partial charge in [-0.05, 0) is 24.8 Å². The molecule has 0 aliphatic rings. The number of pyridine rings is 1. The highest BCUT2D eigenvalue weighted by Crippen LogP contribution is 2.21. The Labute approximate surface area is 71.2 Å². The molecule has 0 spiro atoms. The second-order valence-corrected chi connectivity index (χ2v) is 3.53. The van der Waals surface area contributed by atoms with Crippen molar-refractivity contribution in [3.63, 3.8) is 0 Å². The standard InChI is InChI=1S/C8H12N2S/c1-3-11-8-7(9)5-4-6(2)10-8/h4-5H,3,9H2,1-2H3. The summed E-state index contributed by atoms with van der Waals surface area (Å²) in [6.07, 6.45) is 0. The van der Waals surface area contributed by atoms with Crippen molar-refractivity contribution < 1.29 is 0 Å². The predicted molar refractivity (Wildman–Crippen MR) is 49.8 cm³/mol. The number of nitrogen functional groups attached to an aromatic ring is 1. The van der Waals surface area contributed by atoms with Crippen molar-refractivity contribution in [1.29, 1.82) is 0 Å². The molecule has 0 amide bonds. The molecule has 2 nitrogen and oxygen atoms in total. The first-order valence-electron chi connectivity index (χ1n) is 3.60. The van der Waals surface area contributed by atoms with E-state index < -0.39 is 0 Å². The molecule has 0 fully saturated rings. The second kappa shape index (κ2) is 3.62. The first-order chi connectivity index (χ1) is 5.24. The number of aromatic nitrogens is 1. The summed E-state index contributed by atoms with van der Waals surface area (Å²) in [5.41, 5.74) is 7.50. The van der Waals surface area contributed by atoms with Crippen LogP contribution in [0.25, 0.3) is 0 Å². The van der Waals surface area contributed by atoms with E-state index in [2.05, 4.69) is 11.9 Å². The average Bonchev–Trinajstić information content (AvgIpc) is 1.98. The molecule has 0 atom stereocenters. The zero-order valence-corrected chi connectivity index (χ0v) is 7.61. The van der Waals surface area contributed by atoms with E-state index in [4.69, 9.17) is 5.73 Å². The molecule has 0 aliphatic heterocycles. The summed E-state index contributed by atoms with van der Waals surface area (Å²) in [5.74, 6) is 1.01. The van der Waals surface area contributed by atoms with Crippen LogP contribution in [0.4, 0.5) is 5.69 Å². The van der Waals surface area contributed by atoms with Crippen molar-refractivity contribution in [1.82, 2.24) is 4.98 Å². The minimum atomic E-state index is 0.780. The van der Waals surface area contributed by atoms with E-state index in [-0.39, 0.29) is 0 Å². The van der Waals surface area contributed by atoms with E-state index in [0.29, 0.717) is 0 Å². The third-order valence-electron chi connectivity index (χ3n) is 1.31. The Hall–Kier alpha value is -0.700. The van der Waals surface area contributed by atoms with Gasteiger partial charge in [0.05, 0.1) is 5.69 Å². The lowest BCUT2D eigenvalue weighted by atomic mass is 10.3. The van der Waals surface area contributed by atoms with Gasteiger partial charge in [0.2, 0.25) is 0 Å². The molecule has 0 saturated heterocycles. The van der Waals surface area contributed by atoms with Crippen molar-refractivity contribution in [2.24, 2.45) is 0 Å². The molecular weight excluding hydrogens is 156 g/mol. The van der Waals surface area contributed by atoms with Crippen LogP contribution in [0.2, 0.25) is 0 Å². The third kappa shape index (κ3) is 2.12. The summed E-state index contributed by atoms with van der Waals surface area (Å²) < 4.78 is 0. The molecule has 11 heavy (non-hydrogen) atoms. The minimum Gasteiger partial charge on any atom is -0.397 e. The van der Waals surface area contributed by atoms with Gasteiger partial charge in [-0.15, -0.1) is 11.8 Å². The maximum Gasteiger partial charge on any atom is 0.119 e. The zero-order chi connectivity index (χ0) is 8.27. The maximum absolute atomic E-state index is 5.69. The first kappa shape index (κ1) is 8.40. The van der Waals surface area contributed by atoms with Gasteiger partial charge in [0, 0.05) is 5.69 Å². The van der Waals surface area contributed by atoms with Crippen LogP contribution in [-0.2, 0) is 0 Å². The van der Waals surface area contributed by atoms with Crippen LogP contribution >= 0.6 is 11.8 Å². The Morgan fingerprint density at radius 1 is 1.55 bits per heavy atom. The second-order valence-electron chi connectivity index (χ2n) is 2.28. The highest BCUT2D eigenvalue weighted by molar-refractivity contribution is 7.99. The molecular formula is C8H12N2S.